The van der Waals surface area contributed by atoms with Crippen LogP contribution in [0.25, 0.3) is 10.9 Å². The first-order valence-electron chi connectivity index (χ1n) is 8.46. The Morgan fingerprint density at radius 2 is 1.78 bits per heavy atom. The van der Waals surface area contributed by atoms with Crippen molar-refractivity contribution in [2.45, 2.75) is 13.0 Å². The van der Waals surface area contributed by atoms with Gasteiger partial charge in [-0.25, -0.2) is 4.68 Å². The van der Waals surface area contributed by atoms with Crippen molar-refractivity contribution in [3.8, 4) is 0 Å². The highest BCUT2D eigenvalue weighted by atomic mass is 16.2. The van der Waals surface area contributed by atoms with E-state index in [-0.39, 0.29) is 36.9 Å². The van der Waals surface area contributed by atoms with E-state index in [0.717, 1.165) is 4.68 Å². The number of amides is 2. The van der Waals surface area contributed by atoms with Crippen molar-refractivity contribution < 1.29 is 9.59 Å². The fourth-order valence-electron chi connectivity index (χ4n) is 2.59. The van der Waals surface area contributed by atoms with Crippen LogP contribution in [0.2, 0.25) is 0 Å². The molecule has 1 N–H and O–H groups in total. The first-order valence-corrected chi connectivity index (χ1v) is 8.46. The maximum atomic E-state index is 12.4. The Balaban J connectivity index is 1.56. The quantitative estimate of drug-likeness (QED) is 0.710. The minimum Gasteiger partial charge on any atom is -0.336 e. The highest BCUT2D eigenvalue weighted by molar-refractivity contribution is 5.94. The highest BCUT2D eigenvalue weighted by Gasteiger charge is 2.14. The number of para-hydroxylation sites is 1. The van der Waals surface area contributed by atoms with Gasteiger partial charge in [0.2, 0.25) is 11.8 Å². The lowest BCUT2D eigenvalue weighted by atomic mass is 10.2. The summed E-state index contributed by atoms with van der Waals surface area (Å²) in [7, 11) is 1.54. The molecule has 0 unspecified atom stereocenters. The van der Waals surface area contributed by atoms with Crippen LogP contribution in [-0.4, -0.2) is 45.3 Å². The molecule has 0 bridgehead atoms. The van der Waals surface area contributed by atoms with Gasteiger partial charge in [-0.1, -0.05) is 35.5 Å². The SMILES string of the molecule is CN(CC(=O)Nc1ccccc1)C(=O)CCn1nnc2ccccc2c1=O. The second-order valence-electron chi connectivity index (χ2n) is 6.05. The Morgan fingerprint density at radius 3 is 2.56 bits per heavy atom. The third-order valence-electron chi connectivity index (χ3n) is 4.03. The van der Waals surface area contributed by atoms with Gasteiger partial charge >= 0.3 is 0 Å². The maximum absolute atomic E-state index is 12.4. The molecule has 0 saturated carbocycles. The van der Waals surface area contributed by atoms with Gasteiger partial charge in [0.15, 0.2) is 0 Å². The van der Waals surface area contributed by atoms with Crippen molar-refractivity contribution in [3.63, 3.8) is 0 Å². The molecule has 8 heteroatoms. The number of nitrogens with zero attached hydrogens (tertiary/aromatic N) is 4. The standard InChI is InChI=1S/C19H19N5O3/c1-23(13-17(25)20-14-7-3-2-4-8-14)18(26)11-12-24-19(27)15-9-5-6-10-16(15)21-22-24/h2-10H,11-13H2,1H3,(H,20,25). The number of rotatable bonds is 6. The van der Waals surface area contributed by atoms with Crippen molar-refractivity contribution in [2.24, 2.45) is 0 Å². The fourth-order valence-corrected chi connectivity index (χ4v) is 2.59. The average Bonchev–Trinajstić information content (AvgIpc) is 2.68. The number of hydrogen-bond acceptors (Lipinski definition) is 5. The number of nitrogens with one attached hydrogen (secondary N) is 1. The van der Waals surface area contributed by atoms with Crippen LogP contribution in [0, 0.1) is 0 Å². The average molecular weight is 365 g/mol. The van der Waals surface area contributed by atoms with Gasteiger partial charge in [-0.3, -0.25) is 14.4 Å². The van der Waals surface area contributed by atoms with Crippen molar-refractivity contribution in [1.82, 2.24) is 19.9 Å². The maximum Gasteiger partial charge on any atom is 0.277 e. The molecule has 138 valence electrons. The molecule has 3 aromatic rings. The summed E-state index contributed by atoms with van der Waals surface area (Å²) in [5, 5.41) is 11.0. The third kappa shape index (κ3) is 4.55. The van der Waals surface area contributed by atoms with E-state index in [2.05, 4.69) is 15.6 Å². The van der Waals surface area contributed by atoms with E-state index < -0.39 is 0 Å². The summed E-state index contributed by atoms with van der Waals surface area (Å²) in [6, 6.07) is 15.9. The fraction of sp³-hybridized carbons (Fsp3) is 0.211. The second kappa shape index (κ2) is 8.22. The summed E-state index contributed by atoms with van der Waals surface area (Å²) >= 11 is 0. The molecule has 0 aliphatic rings. The molecule has 0 aliphatic heterocycles. The first kappa shape index (κ1) is 18.2. The Kier molecular flexibility index (Phi) is 5.55. The number of aryl methyl sites for hydroxylation is 1. The number of likely N-dealkylation sites (N-methyl/N-ethyl adjacent to an activating group) is 1. The summed E-state index contributed by atoms with van der Waals surface area (Å²) in [4.78, 5) is 38.0. The first-order chi connectivity index (χ1) is 13.0. The van der Waals surface area contributed by atoms with Gasteiger partial charge < -0.3 is 10.2 Å². The minimum atomic E-state index is -0.294. The summed E-state index contributed by atoms with van der Waals surface area (Å²) in [6.07, 6.45) is 0.0437. The molecule has 2 amide bonds. The van der Waals surface area contributed by atoms with E-state index in [1.807, 2.05) is 18.2 Å². The molecule has 0 radical (unpaired) electrons. The van der Waals surface area contributed by atoms with Crippen LogP contribution in [0.1, 0.15) is 6.42 Å². The topological polar surface area (TPSA) is 97.2 Å². The minimum absolute atomic E-state index is 0.0437. The monoisotopic (exact) mass is 365 g/mol. The summed E-state index contributed by atoms with van der Waals surface area (Å²) < 4.78 is 1.16. The second-order valence-corrected chi connectivity index (χ2v) is 6.05. The Bertz CT molecular complexity index is 1020. The molecule has 0 fully saturated rings. The number of benzene rings is 2. The molecule has 3 rings (SSSR count). The van der Waals surface area contributed by atoms with Crippen molar-refractivity contribution >= 4 is 28.4 Å². The molecular formula is C19H19N5O3. The smallest absolute Gasteiger partial charge is 0.277 e. The summed E-state index contributed by atoms with van der Waals surface area (Å²) in [5.41, 5.74) is 0.888. The Morgan fingerprint density at radius 1 is 1.07 bits per heavy atom. The Labute approximate surface area is 155 Å². The van der Waals surface area contributed by atoms with Crippen molar-refractivity contribution in [2.75, 3.05) is 18.9 Å². The van der Waals surface area contributed by atoms with Gasteiger partial charge in [0.1, 0.15) is 5.52 Å². The van der Waals surface area contributed by atoms with Crippen LogP contribution in [0.15, 0.2) is 59.4 Å². The summed E-state index contributed by atoms with van der Waals surface area (Å²) in [5.74, 6) is -0.556. The van der Waals surface area contributed by atoms with Gasteiger partial charge in [-0.05, 0) is 24.3 Å². The lowest BCUT2D eigenvalue weighted by molar-refractivity contribution is -0.133. The highest BCUT2D eigenvalue weighted by Crippen LogP contribution is 2.06. The van der Waals surface area contributed by atoms with Gasteiger partial charge in [0, 0.05) is 19.2 Å². The van der Waals surface area contributed by atoms with E-state index in [1.54, 1.807) is 43.4 Å². The van der Waals surface area contributed by atoms with Crippen LogP contribution in [-0.2, 0) is 16.1 Å². The number of anilines is 1. The van der Waals surface area contributed by atoms with E-state index >= 15 is 0 Å². The number of fused-ring (bicyclic) bond motifs is 1. The molecule has 0 aliphatic carbocycles. The van der Waals surface area contributed by atoms with Gasteiger partial charge in [-0.2, -0.15) is 0 Å². The van der Waals surface area contributed by atoms with Crippen LogP contribution in [0.3, 0.4) is 0 Å². The van der Waals surface area contributed by atoms with Gasteiger partial charge in [-0.15, -0.1) is 5.10 Å². The predicted molar refractivity (Wildman–Crippen MR) is 101 cm³/mol. The summed E-state index contributed by atoms with van der Waals surface area (Å²) in [6.45, 7) is 0.0200. The largest absolute Gasteiger partial charge is 0.336 e. The van der Waals surface area contributed by atoms with E-state index in [0.29, 0.717) is 16.6 Å². The molecule has 0 atom stereocenters. The number of hydrogen-bond donors (Lipinski definition) is 1. The molecule has 0 saturated heterocycles. The molecule has 0 spiro atoms. The molecular weight excluding hydrogens is 346 g/mol. The molecule has 8 nitrogen and oxygen atoms in total. The van der Waals surface area contributed by atoms with Crippen LogP contribution < -0.4 is 10.9 Å². The van der Waals surface area contributed by atoms with Crippen molar-refractivity contribution in [1.29, 1.82) is 0 Å². The number of carbonyl (C=O) groups is 2. The van der Waals surface area contributed by atoms with E-state index in [1.165, 1.54) is 4.90 Å². The zero-order valence-corrected chi connectivity index (χ0v) is 14.8. The Hall–Kier alpha value is -3.55. The van der Waals surface area contributed by atoms with E-state index in [4.69, 9.17) is 0 Å². The lowest BCUT2D eigenvalue weighted by Crippen LogP contribution is -2.36. The van der Waals surface area contributed by atoms with Gasteiger partial charge in [0.05, 0.1) is 18.5 Å². The van der Waals surface area contributed by atoms with Gasteiger partial charge in [0.25, 0.3) is 5.56 Å². The number of aromatic nitrogens is 3. The van der Waals surface area contributed by atoms with E-state index in [9.17, 15) is 14.4 Å². The molecule has 27 heavy (non-hydrogen) atoms. The predicted octanol–water partition coefficient (Wildman–Crippen LogP) is 1.28. The van der Waals surface area contributed by atoms with Crippen LogP contribution in [0.5, 0.6) is 0 Å². The van der Waals surface area contributed by atoms with Crippen molar-refractivity contribution in [3.05, 3.63) is 65.0 Å². The zero-order chi connectivity index (χ0) is 19.2. The van der Waals surface area contributed by atoms with Crippen LogP contribution >= 0.6 is 0 Å². The molecule has 1 heterocycles. The zero-order valence-electron chi connectivity index (χ0n) is 14.8. The lowest BCUT2D eigenvalue weighted by Gasteiger charge is -2.17. The molecule has 1 aromatic heterocycles. The third-order valence-corrected chi connectivity index (χ3v) is 4.03. The number of carbonyl (C=O) groups excluding carboxylic acids is 2. The normalized spacial score (nSPS) is 10.6. The van der Waals surface area contributed by atoms with Crippen LogP contribution in [0.4, 0.5) is 5.69 Å². The molecule has 2 aromatic carbocycles.